The van der Waals surface area contributed by atoms with E-state index >= 15 is 0 Å². The van der Waals surface area contributed by atoms with E-state index in [1.54, 1.807) is 4.90 Å². The minimum Gasteiger partial charge on any atom is -0.372 e. The summed E-state index contributed by atoms with van der Waals surface area (Å²) in [6.45, 7) is 9.23. The van der Waals surface area contributed by atoms with E-state index in [4.69, 9.17) is 0 Å². The molecule has 0 saturated carbocycles. The van der Waals surface area contributed by atoms with E-state index < -0.39 is 0 Å². The maximum Gasteiger partial charge on any atom is 0.319 e. The Balaban J connectivity index is 1.55. The lowest BCUT2D eigenvalue weighted by Gasteiger charge is -2.22. The molecular weight excluding hydrogens is 364 g/mol. The zero-order chi connectivity index (χ0) is 20.8. The molecule has 29 heavy (non-hydrogen) atoms. The van der Waals surface area contributed by atoms with Gasteiger partial charge in [-0.15, -0.1) is 0 Å². The average Bonchev–Trinajstić information content (AvgIpc) is 3.04. The number of rotatable bonds is 7. The summed E-state index contributed by atoms with van der Waals surface area (Å²) < 4.78 is 0. The molecule has 0 aliphatic carbocycles. The highest BCUT2D eigenvalue weighted by Gasteiger charge is 2.30. The molecule has 1 aliphatic rings. The van der Waals surface area contributed by atoms with Gasteiger partial charge in [-0.2, -0.15) is 0 Å². The third-order valence-electron chi connectivity index (χ3n) is 5.35. The van der Waals surface area contributed by atoms with Crippen LogP contribution in [-0.2, 0) is 11.3 Å². The zero-order valence-electron chi connectivity index (χ0n) is 17.4. The molecule has 0 radical (unpaired) electrons. The van der Waals surface area contributed by atoms with Gasteiger partial charge in [0.2, 0.25) is 5.91 Å². The zero-order valence-corrected chi connectivity index (χ0v) is 17.4. The van der Waals surface area contributed by atoms with Crippen molar-refractivity contribution in [3.8, 4) is 0 Å². The first-order chi connectivity index (χ1) is 14.0. The number of nitrogens with zero attached hydrogens (tertiary/aromatic N) is 2. The minimum atomic E-state index is -0.275. The third kappa shape index (κ3) is 5.28. The Bertz CT molecular complexity index is 849. The van der Waals surface area contributed by atoms with Gasteiger partial charge in [-0.05, 0) is 50.1 Å². The second kappa shape index (κ2) is 9.45. The minimum absolute atomic E-state index is 0.0684. The van der Waals surface area contributed by atoms with E-state index in [0.29, 0.717) is 19.5 Å². The summed E-state index contributed by atoms with van der Waals surface area (Å²) in [6.07, 6.45) is 0.333. The Kier molecular flexibility index (Phi) is 6.75. The van der Waals surface area contributed by atoms with Crippen molar-refractivity contribution in [2.24, 2.45) is 0 Å². The van der Waals surface area contributed by atoms with Crippen molar-refractivity contribution >= 4 is 23.3 Å². The summed E-state index contributed by atoms with van der Waals surface area (Å²) in [5.74, 6) is 0.0684. The fourth-order valence-corrected chi connectivity index (χ4v) is 3.74. The van der Waals surface area contributed by atoms with Crippen LogP contribution < -0.4 is 15.5 Å². The van der Waals surface area contributed by atoms with E-state index in [-0.39, 0.29) is 18.0 Å². The Morgan fingerprint density at radius 3 is 2.52 bits per heavy atom. The molecule has 154 valence electrons. The normalized spacial score (nSPS) is 16.0. The van der Waals surface area contributed by atoms with Crippen molar-refractivity contribution in [3.05, 3.63) is 59.7 Å². The first-order valence-corrected chi connectivity index (χ1v) is 10.2. The van der Waals surface area contributed by atoms with Gasteiger partial charge in [0.05, 0.1) is 6.04 Å². The highest BCUT2D eigenvalue weighted by molar-refractivity contribution is 5.91. The molecule has 6 nitrogen and oxygen atoms in total. The number of hydrogen-bond acceptors (Lipinski definition) is 3. The van der Waals surface area contributed by atoms with E-state index in [2.05, 4.69) is 35.4 Å². The Morgan fingerprint density at radius 2 is 1.86 bits per heavy atom. The van der Waals surface area contributed by atoms with Crippen molar-refractivity contribution in [2.45, 2.75) is 39.8 Å². The lowest BCUT2D eigenvalue weighted by molar-refractivity contribution is -0.128. The van der Waals surface area contributed by atoms with Gasteiger partial charge in [-0.25, -0.2) is 4.79 Å². The van der Waals surface area contributed by atoms with Crippen molar-refractivity contribution in [1.82, 2.24) is 10.2 Å². The Hall–Kier alpha value is -3.02. The van der Waals surface area contributed by atoms with Crippen LogP contribution in [0.1, 0.15) is 31.4 Å². The molecule has 2 aromatic carbocycles. The molecule has 1 heterocycles. The van der Waals surface area contributed by atoms with Crippen molar-refractivity contribution in [1.29, 1.82) is 0 Å². The quantitative estimate of drug-likeness (QED) is 0.751. The number of nitrogens with one attached hydrogen (secondary N) is 2. The summed E-state index contributed by atoms with van der Waals surface area (Å²) in [4.78, 5) is 28.8. The van der Waals surface area contributed by atoms with Gasteiger partial charge in [0.1, 0.15) is 0 Å². The summed E-state index contributed by atoms with van der Waals surface area (Å²) in [6, 6.07) is 15.5. The molecule has 1 saturated heterocycles. The molecule has 1 unspecified atom stereocenters. The lowest BCUT2D eigenvalue weighted by atomic mass is 10.1. The van der Waals surface area contributed by atoms with Crippen LogP contribution in [0.3, 0.4) is 0 Å². The smallest absolute Gasteiger partial charge is 0.319 e. The fraction of sp³-hybridized carbons (Fsp3) is 0.391. The van der Waals surface area contributed by atoms with E-state index in [9.17, 15) is 9.59 Å². The monoisotopic (exact) mass is 394 g/mol. The van der Waals surface area contributed by atoms with Crippen molar-refractivity contribution in [3.63, 3.8) is 0 Å². The van der Waals surface area contributed by atoms with Crippen LogP contribution in [0.25, 0.3) is 0 Å². The number of aryl methyl sites for hydroxylation is 1. The van der Waals surface area contributed by atoms with E-state index in [0.717, 1.165) is 35.6 Å². The first kappa shape index (κ1) is 20.7. The van der Waals surface area contributed by atoms with Gasteiger partial charge in [-0.1, -0.05) is 30.3 Å². The standard InChI is InChI=1S/C23H30N4O2/c1-4-26(5-2)20-11-12-21(17(3)13-20)25-23(29)24-19-14-22(28)27(16-19)15-18-9-7-6-8-10-18/h6-13,19H,4-5,14-16H2,1-3H3,(H2,24,25,29). The number of carbonyl (C=O) groups excluding carboxylic acids is 2. The third-order valence-corrected chi connectivity index (χ3v) is 5.35. The molecule has 0 aromatic heterocycles. The lowest BCUT2D eigenvalue weighted by Crippen LogP contribution is -2.39. The van der Waals surface area contributed by atoms with Crippen LogP contribution in [0.2, 0.25) is 0 Å². The average molecular weight is 395 g/mol. The summed E-state index contributed by atoms with van der Waals surface area (Å²) in [7, 11) is 0. The number of likely N-dealkylation sites (tertiary alicyclic amines) is 1. The molecule has 0 bridgehead atoms. The molecular formula is C23H30N4O2. The number of benzene rings is 2. The second-order valence-electron chi connectivity index (χ2n) is 7.43. The summed E-state index contributed by atoms with van der Waals surface area (Å²) in [5.41, 5.74) is 4.04. The molecule has 1 aliphatic heterocycles. The number of amides is 3. The largest absolute Gasteiger partial charge is 0.372 e. The number of carbonyl (C=O) groups is 2. The van der Waals surface area contributed by atoms with Gasteiger partial charge < -0.3 is 20.4 Å². The highest BCUT2D eigenvalue weighted by Crippen LogP contribution is 2.23. The molecule has 2 N–H and O–H groups in total. The molecule has 1 fully saturated rings. The summed E-state index contributed by atoms with van der Waals surface area (Å²) >= 11 is 0. The van der Waals surface area contributed by atoms with Crippen LogP contribution in [0.4, 0.5) is 16.2 Å². The molecule has 3 rings (SSSR count). The van der Waals surface area contributed by atoms with E-state index in [1.165, 1.54) is 0 Å². The summed E-state index contributed by atoms with van der Waals surface area (Å²) in [5, 5.41) is 5.86. The predicted octanol–water partition coefficient (Wildman–Crippen LogP) is 3.76. The van der Waals surface area contributed by atoms with Gasteiger partial charge >= 0.3 is 6.03 Å². The Labute approximate surface area is 172 Å². The number of hydrogen-bond donors (Lipinski definition) is 2. The maximum atomic E-state index is 12.5. The van der Waals surface area contributed by atoms with Crippen molar-refractivity contribution in [2.75, 3.05) is 29.9 Å². The fourth-order valence-electron chi connectivity index (χ4n) is 3.74. The first-order valence-electron chi connectivity index (χ1n) is 10.2. The molecule has 2 aromatic rings. The van der Waals surface area contributed by atoms with Crippen LogP contribution in [0.5, 0.6) is 0 Å². The van der Waals surface area contributed by atoms with Crippen LogP contribution in [0, 0.1) is 6.92 Å². The molecule has 1 atom stereocenters. The number of urea groups is 1. The Morgan fingerprint density at radius 1 is 1.14 bits per heavy atom. The van der Waals surface area contributed by atoms with Gasteiger partial charge in [0, 0.05) is 44.0 Å². The molecule has 3 amide bonds. The van der Waals surface area contributed by atoms with Crippen LogP contribution in [0.15, 0.2) is 48.5 Å². The van der Waals surface area contributed by atoms with Crippen molar-refractivity contribution < 1.29 is 9.59 Å². The van der Waals surface area contributed by atoms with Crippen LogP contribution in [-0.4, -0.2) is 42.5 Å². The van der Waals surface area contributed by atoms with Gasteiger partial charge in [0.15, 0.2) is 0 Å². The topological polar surface area (TPSA) is 64.7 Å². The highest BCUT2D eigenvalue weighted by atomic mass is 16.2. The molecule has 0 spiro atoms. The van der Waals surface area contributed by atoms with E-state index in [1.807, 2.05) is 49.4 Å². The number of anilines is 2. The molecule has 6 heteroatoms. The maximum absolute atomic E-state index is 12.5. The second-order valence-corrected chi connectivity index (χ2v) is 7.43. The van der Waals surface area contributed by atoms with Crippen LogP contribution >= 0.6 is 0 Å². The van der Waals surface area contributed by atoms with Gasteiger partial charge in [-0.3, -0.25) is 4.79 Å². The SMILES string of the molecule is CCN(CC)c1ccc(NC(=O)NC2CC(=O)N(Cc3ccccc3)C2)c(C)c1. The predicted molar refractivity (Wildman–Crippen MR) is 117 cm³/mol. The van der Waals surface area contributed by atoms with Gasteiger partial charge in [0.25, 0.3) is 0 Å².